The van der Waals surface area contributed by atoms with Crippen LogP contribution in [-0.4, -0.2) is 22.2 Å². The van der Waals surface area contributed by atoms with E-state index < -0.39 is 0 Å². The van der Waals surface area contributed by atoms with Crippen molar-refractivity contribution in [1.82, 2.24) is 10.3 Å². The summed E-state index contributed by atoms with van der Waals surface area (Å²) in [4.78, 5) is 4.30. The predicted molar refractivity (Wildman–Crippen MR) is 76.8 cm³/mol. The van der Waals surface area contributed by atoms with Gasteiger partial charge in [-0.25, -0.2) is 0 Å². The Kier molecular flexibility index (Phi) is 3.76. The molecule has 0 saturated heterocycles. The fourth-order valence-electron chi connectivity index (χ4n) is 2.92. The van der Waals surface area contributed by atoms with Crippen molar-refractivity contribution < 1.29 is 5.11 Å². The first-order valence-electron chi connectivity index (χ1n) is 7.06. The number of hydrogen-bond acceptors (Lipinski definition) is 3. The summed E-state index contributed by atoms with van der Waals surface area (Å²) in [5.74, 6) is 0. The Morgan fingerprint density at radius 3 is 3.00 bits per heavy atom. The maximum absolute atomic E-state index is 9.70. The van der Waals surface area contributed by atoms with Crippen molar-refractivity contribution in [3.63, 3.8) is 0 Å². The highest BCUT2D eigenvalue weighted by Crippen LogP contribution is 2.20. The van der Waals surface area contributed by atoms with Crippen LogP contribution < -0.4 is 5.32 Å². The van der Waals surface area contributed by atoms with E-state index >= 15 is 0 Å². The third-order valence-corrected chi connectivity index (χ3v) is 3.98. The van der Waals surface area contributed by atoms with Crippen molar-refractivity contribution in [2.24, 2.45) is 0 Å². The molecule has 100 valence electrons. The lowest BCUT2D eigenvalue weighted by Crippen LogP contribution is -2.35. The van der Waals surface area contributed by atoms with E-state index in [1.54, 1.807) is 0 Å². The highest BCUT2D eigenvalue weighted by molar-refractivity contribution is 5.84. The van der Waals surface area contributed by atoms with Crippen LogP contribution in [0, 0.1) is 0 Å². The summed E-state index contributed by atoms with van der Waals surface area (Å²) in [6.07, 6.45) is 7.82. The molecular weight excluding hydrogens is 236 g/mol. The quantitative estimate of drug-likeness (QED) is 0.887. The first kappa shape index (κ1) is 12.6. The van der Waals surface area contributed by atoms with Gasteiger partial charge in [-0.05, 0) is 36.6 Å². The molecule has 2 atom stereocenters. The molecule has 1 aliphatic carbocycles. The van der Waals surface area contributed by atoms with Gasteiger partial charge in [0.25, 0.3) is 0 Å². The van der Waals surface area contributed by atoms with Crippen molar-refractivity contribution >= 4 is 10.8 Å². The van der Waals surface area contributed by atoms with Gasteiger partial charge in [-0.1, -0.05) is 24.3 Å². The van der Waals surface area contributed by atoms with Gasteiger partial charge in [0.05, 0.1) is 6.10 Å². The molecule has 1 aromatic heterocycles. The number of aromatic nitrogens is 1. The third-order valence-electron chi connectivity index (χ3n) is 3.98. The molecule has 1 fully saturated rings. The molecular formula is C16H20N2O. The second-order valence-electron chi connectivity index (χ2n) is 5.42. The Labute approximate surface area is 113 Å². The van der Waals surface area contributed by atoms with E-state index in [9.17, 15) is 5.11 Å². The van der Waals surface area contributed by atoms with Gasteiger partial charge < -0.3 is 10.4 Å². The molecule has 1 heterocycles. The molecule has 2 aromatic rings. The lowest BCUT2D eigenvalue weighted by molar-refractivity contribution is 0.111. The normalized spacial score (nSPS) is 23.6. The molecule has 2 N–H and O–H groups in total. The molecule has 2 unspecified atom stereocenters. The summed E-state index contributed by atoms with van der Waals surface area (Å²) in [6.45, 7) is 0.825. The van der Waals surface area contributed by atoms with Gasteiger partial charge in [-0.15, -0.1) is 0 Å². The second kappa shape index (κ2) is 5.68. The lowest BCUT2D eigenvalue weighted by Gasteiger charge is -2.26. The Balaban J connectivity index is 1.71. The van der Waals surface area contributed by atoms with Crippen molar-refractivity contribution in [2.45, 2.75) is 44.4 Å². The van der Waals surface area contributed by atoms with Crippen molar-refractivity contribution in [1.29, 1.82) is 0 Å². The fraction of sp³-hybridized carbons (Fsp3) is 0.438. The largest absolute Gasteiger partial charge is 0.393 e. The van der Waals surface area contributed by atoms with E-state index in [-0.39, 0.29) is 6.10 Å². The average Bonchev–Trinajstić information content (AvgIpc) is 2.45. The summed E-state index contributed by atoms with van der Waals surface area (Å²) < 4.78 is 0. The number of nitrogens with one attached hydrogen (secondary N) is 1. The van der Waals surface area contributed by atoms with Crippen LogP contribution in [0.2, 0.25) is 0 Å². The summed E-state index contributed by atoms with van der Waals surface area (Å²) in [5, 5.41) is 15.7. The van der Waals surface area contributed by atoms with Gasteiger partial charge in [0, 0.05) is 30.4 Å². The molecule has 1 saturated carbocycles. The number of aliphatic hydroxyl groups excluding tert-OH is 1. The number of hydrogen-bond donors (Lipinski definition) is 2. The molecule has 0 spiro atoms. The van der Waals surface area contributed by atoms with Crippen LogP contribution in [0.4, 0.5) is 0 Å². The minimum Gasteiger partial charge on any atom is -0.393 e. The van der Waals surface area contributed by atoms with Crippen LogP contribution in [-0.2, 0) is 6.54 Å². The SMILES string of the molecule is OC1CCCC(NCc2cncc3ccccc23)C1. The van der Waals surface area contributed by atoms with Gasteiger partial charge in [-0.3, -0.25) is 4.98 Å². The van der Waals surface area contributed by atoms with E-state index in [1.807, 2.05) is 18.5 Å². The molecule has 0 bridgehead atoms. The van der Waals surface area contributed by atoms with Gasteiger partial charge >= 0.3 is 0 Å². The zero-order chi connectivity index (χ0) is 13.1. The molecule has 3 nitrogen and oxygen atoms in total. The summed E-state index contributed by atoms with van der Waals surface area (Å²) in [6, 6.07) is 8.78. The lowest BCUT2D eigenvalue weighted by atomic mass is 9.93. The number of rotatable bonds is 3. The van der Waals surface area contributed by atoms with Gasteiger partial charge in [0.1, 0.15) is 0 Å². The Morgan fingerprint density at radius 1 is 1.21 bits per heavy atom. The molecule has 19 heavy (non-hydrogen) atoms. The topological polar surface area (TPSA) is 45.1 Å². The van der Waals surface area contributed by atoms with E-state index in [4.69, 9.17) is 0 Å². The zero-order valence-electron chi connectivity index (χ0n) is 11.0. The maximum Gasteiger partial charge on any atom is 0.0555 e. The standard InChI is InChI=1S/C16H20N2O/c19-15-6-3-5-14(8-15)18-11-13-10-17-9-12-4-1-2-7-16(12)13/h1-2,4,7,9-10,14-15,18-19H,3,5-6,8,11H2. The van der Waals surface area contributed by atoms with Crippen LogP contribution in [0.25, 0.3) is 10.8 Å². The predicted octanol–water partition coefficient (Wildman–Crippen LogP) is 2.63. The molecule has 1 aromatic carbocycles. The van der Waals surface area contributed by atoms with E-state index in [0.717, 1.165) is 32.2 Å². The highest BCUT2D eigenvalue weighted by Gasteiger charge is 2.19. The fourth-order valence-corrected chi connectivity index (χ4v) is 2.92. The van der Waals surface area contributed by atoms with Crippen LogP contribution in [0.15, 0.2) is 36.7 Å². The smallest absolute Gasteiger partial charge is 0.0555 e. The van der Waals surface area contributed by atoms with E-state index in [0.29, 0.717) is 6.04 Å². The van der Waals surface area contributed by atoms with E-state index in [1.165, 1.54) is 16.3 Å². The number of benzene rings is 1. The average molecular weight is 256 g/mol. The Bertz CT molecular complexity index is 550. The number of aliphatic hydroxyl groups is 1. The first-order valence-corrected chi connectivity index (χ1v) is 7.06. The minimum atomic E-state index is -0.128. The molecule has 3 rings (SSSR count). The van der Waals surface area contributed by atoms with Crippen LogP contribution in [0.3, 0.4) is 0 Å². The van der Waals surface area contributed by atoms with Crippen LogP contribution >= 0.6 is 0 Å². The molecule has 1 aliphatic rings. The van der Waals surface area contributed by atoms with Crippen molar-refractivity contribution in [3.8, 4) is 0 Å². The Hall–Kier alpha value is -1.45. The third kappa shape index (κ3) is 2.94. The number of pyridine rings is 1. The molecule has 3 heteroatoms. The molecule has 0 amide bonds. The number of fused-ring (bicyclic) bond motifs is 1. The van der Waals surface area contributed by atoms with Crippen molar-refractivity contribution in [3.05, 3.63) is 42.2 Å². The van der Waals surface area contributed by atoms with Gasteiger partial charge in [0.2, 0.25) is 0 Å². The number of nitrogens with zero attached hydrogens (tertiary/aromatic N) is 1. The Morgan fingerprint density at radius 2 is 2.11 bits per heavy atom. The monoisotopic (exact) mass is 256 g/mol. The first-order chi connectivity index (χ1) is 9.33. The highest BCUT2D eigenvalue weighted by atomic mass is 16.3. The van der Waals surface area contributed by atoms with Gasteiger partial charge in [-0.2, -0.15) is 0 Å². The molecule has 0 aliphatic heterocycles. The summed E-state index contributed by atoms with van der Waals surface area (Å²) in [7, 11) is 0. The summed E-state index contributed by atoms with van der Waals surface area (Å²) in [5.41, 5.74) is 1.23. The van der Waals surface area contributed by atoms with E-state index in [2.05, 4.69) is 28.5 Å². The second-order valence-corrected chi connectivity index (χ2v) is 5.42. The zero-order valence-corrected chi connectivity index (χ0v) is 11.0. The summed E-state index contributed by atoms with van der Waals surface area (Å²) >= 11 is 0. The van der Waals surface area contributed by atoms with Gasteiger partial charge in [0.15, 0.2) is 0 Å². The van der Waals surface area contributed by atoms with Crippen molar-refractivity contribution in [2.75, 3.05) is 0 Å². The minimum absolute atomic E-state index is 0.128. The van der Waals surface area contributed by atoms with Crippen LogP contribution in [0.5, 0.6) is 0 Å². The maximum atomic E-state index is 9.70. The molecule has 0 radical (unpaired) electrons. The van der Waals surface area contributed by atoms with Crippen LogP contribution in [0.1, 0.15) is 31.2 Å².